The second-order valence-corrected chi connectivity index (χ2v) is 5.51. The smallest absolute Gasteiger partial charge is 0.335 e. The fourth-order valence-corrected chi connectivity index (χ4v) is 2.70. The van der Waals surface area contributed by atoms with Gasteiger partial charge in [-0.1, -0.05) is 0 Å². The normalized spacial score (nSPS) is 11.5. The van der Waals surface area contributed by atoms with Crippen LogP contribution in [-0.2, 0) is 14.8 Å². The number of benzene rings is 1. The Balaban J connectivity index is 3.21. The average Bonchev–Trinajstić information content (AvgIpc) is 2.32. The third kappa shape index (κ3) is 3.72. The highest BCUT2D eigenvalue weighted by Crippen LogP contribution is 2.20. The van der Waals surface area contributed by atoms with Gasteiger partial charge in [-0.05, 0) is 19.1 Å². The summed E-state index contributed by atoms with van der Waals surface area (Å²) in [6.07, 6.45) is 0. The van der Waals surface area contributed by atoms with E-state index in [1.54, 1.807) is 0 Å². The zero-order chi connectivity index (χ0) is 14.6. The number of sulfonamides is 1. The third-order valence-electron chi connectivity index (χ3n) is 2.43. The van der Waals surface area contributed by atoms with Crippen molar-refractivity contribution in [3.05, 3.63) is 29.1 Å². The summed E-state index contributed by atoms with van der Waals surface area (Å²) in [6.45, 7) is 1.43. The van der Waals surface area contributed by atoms with Crippen molar-refractivity contribution in [1.82, 2.24) is 4.72 Å². The molecule has 106 valence electrons. The zero-order valence-corrected chi connectivity index (χ0v) is 11.3. The average molecular weight is 291 g/mol. The second-order valence-electron chi connectivity index (χ2n) is 3.78. The van der Waals surface area contributed by atoms with Gasteiger partial charge in [0, 0.05) is 19.2 Å². The van der Waals surface area contributed by atoms with E-state index in [0.717, 1.165) is 12.1 Å². The Kier molecular flexibility index (Phi) is 4.98. The van der Waals surface area contributed by atoms with Crippen molar-refractivity contribution in [3.8, 4) is 0 Å². The lowest BCUT2D eigenvalue weighted by Crippen LogP contribution is -2.28. The summed E-state index contributed by atoms with van der Waals surface area (Å²) in [5, 5.41) is 8.80. The van der Waals surface area contributed by atoms with E-state index in [4.69, 9.17) is 9.84 Å². The number of rotatable bonds is 6. The monoisotopic (exact) mass is 291 g/mol. The topological polar surface area (TPSA) is 92.7 Å². The molecular formula is C11H14FNO5S. The largest absolute Gasteiger partial charge is 0.478 e. The van der Waals surface area contributed by atoms with Crippen molar-refractivity contribution in [3.63, 3.8) is 0 Å². The van der Waals surface area contributed by atoms with Crippen molar-refractivity contribution >= 4 is 16.0 Å². The van der Waals surface area contributed by atoms with Crippen molar-refractivity contribution in [1.29, 1.82) is 0 Å². The highest BCUT2D eigenvalue weighted by atomic mass is 32.2. The van der Waals surface area contributed by atoms with Crippen LogP contribution in [0.15, 0.2) is 17.0 Å². The molecule has 6 nitrogen and oxygen atoms in total. The summed E-state index contributed by atoms with van der Waals surface area (Å²) < 4.78 is 44.3. The first-order valence-corrected chi connectivity index (χ1v) is 6.80. The van der Waals surface area contributed by atoms with Crippen LogP contribution in [0.2, 0.25) is 0 Å². The van der Waals surface area contributed by atoms with Crippen LogP contribution in [0.5, 0.6) is 0 Å². The first-order chi connectivity index (χ1) is 8.79. The number of aromatic carboxylic acids is 1. The molecule has 1 aromatic carbocycles. The molecule has 0 heterocycles. The van der Waals surface area contributed by atoms with Gasteiger partial charge in [-0.15, -0.1) is 0 Å². The van der Waals surface area contributed by atoms with Crippen molar-refractivity contribution in [2.24, 2.45) is 0 Å². The molecule has 19 heavy (non-hydrogen) atoms. The molecule has 0 fully saturated rings. The Hall–Kier alpha value is -1.51. The number of carbonyl (C=O) groups is 1. The number of nitrogens with one attached hydrogen (secondary N) is 1. The molecule has 1 aromatic rings. The van der Waals surface area contributed by atoms with Gasteiger partial charge in [-0.3, -0.25) is 0 Å². The van der Waals surface area contributed by atoms with Crippen LogP contribution in [0.25, 0.3) is 0 Å². The molecule has 0 spiro atoms. The van der Waals surface area contributed by atoms with E-state index in [2.05, 4.69) is 4.72 Å². The molecule has 0 aliphatic rings. The number of halogens is 1. The predicted molar refractivity (Wildman–Crippen MR) is 65.2 cm³/mol. The Labute approximate surface area is 110 Å². The summed E-state index contributed by atoms with van der Waals surface area (Å²) in [5.74, 6) is -2.28. The summed E-state index contributed by atoms with van der Waals surface area (Å²) >= 11 is 0. The maximum absolute atomic E-state index is 13.5. The van der Waals surface area contributed by atoms with Crippen LogP contribution >= 0.6 is 0 Å². The van der Waals surface area contributed by atoms with Gasteiger partial charge in [0.15, 0.2) is 0 Å². The highest BCUT2D eigenvalue weighted by molar-refractivity contribution is 7.89. The van der Waals surface area contributed by atoms with Gasteiger partial charge in [0.1, 0.15) is 5.82 Å². The lowest BCUT2D eigenvalue weighted by atomic mass is 10.1. The lowest BCUT2D eigenvalue weighted by Gasteiger charge is -2.10. The van der Waals surface area contributed by atoms with Crippen molar-refractivity contribution in [2.45, 2.75) is 11.8 Å². The molecule has 2 N–H and O–H groups in total. The summed E-state index contributed by atoms with van der Waals surface area (Å²) in [7, 11) is -2.57. The third-order valence-corrected chi connectivity index (χ3v) is 4.02. The molecule has 0 atom stereocenters. The number of methoxy groups -OCH3 is 1. The Morgan fingerprint density at radius 1 is 1.47 bits per heavy atom. The van der Waals surface area contributed by atoms with Gasteiger partial charge in [0.25, 0.3) is 0 Å². The molecule has 0 radical (unpaired) electrons. The van der Waals surface area contributed by atoms with E-state index in [-0.39, 0.29) is 23.6 Å². The van der Waals surface area contributed by atoms with E-state index >= 15 is 0 Å². The molecule has 0 bridgehead atoms. The predicted octanol–water partition coefficient (Wildman–Crippen LogP) is 0.757. The molecular weight excluding hydrogens is 277 g/mol. The highest BCUT2D eigenvalue weighted by Gasteiger charge is 2.21. The van der Waals surface area contributed by atoms with Crippen LogP contribution in [-0.4, -0.2) is 39.8 Å². The SMILES string of the molecule is COCCNS(=O)(=O)c1cc(C(=O)O)cc(F)c1C. The zero-order valence-electron chi connectivity index (χ0n) is 10.4. The minimum atomic E-state index is -3.98. The molecule has 0 saturated heterocycles. The molecule has 1 rings (SSSR count). The Morgan fingerprint density at radius 3 is 2.63 bits per heavy atom. The maximum atomic E-state index is 13.5. The van der Waals surface area contributed by atoms with E-state index in [0.29, 0.717) is 0 Å². The molecule has 0 aliphatic carbocycles. The Bertz CT molecular complexity index is 585. The minimum absolute atomic E-state index is 0.0111. The van der Waals surface area contributed by atoms with Crippen LogP contribution in [0, 0.1) is 12.7 Å². The van der Waals surface area contributed by atoms with Gasteiger partial charge >= 0.3 is 5.97 Å². The number of carboxylic acids is 1. The number of hydrogen-bond acceptors (Lipinski definition) is 4. The van der Waals surface area contributed by atoms with Crippen molar-refractivity contribution < 1.29 is 27.4 Å². The van der Waals surface area contributed by atoms with E-state index in [1.807, 2.05) is 0 Å². The summed E-state index contributed by atoms with van der Waals surface area (Å²) in [5.41, 5.74) is -0.551. The molecule has 0 unspecified atom stereocenters. The van der Waals surface area contributed by atoms with Gasteiger partial charge in [-0.25, -0.2) is 22.3 Å². The number of hydrogen-bond donors (Lipinski definition) is 2. The van der Waals surface area contributed by atoms with Crippen LogP contribution in [0.1, 0.15) is 15.9 Å². The summed E-state index contributed by atoms with van der Waals surface area (Å²) in [4.78, 5) is 10.4. The molecule has 0 aliphatic heterocycles. The lowest BCUT2D eigenvalue weighted by molar-refractivity contribution is 0.0696. The number of ether oxygens (including phenoxy) is 1. The summed E-state index contributed by atoms with van der Waals surface area (Å²) in [6, 6.07) is 1.71. The standard InChI is InChI=1S/C11H14FNO5S/c1-7-9(12)5-8(11(14)15)6-10(7)19(16,17)13-3-4-18-2/h5-6,13H,3-4H2,1-2H3,(H,14,15). The maximum Gasteiger partial charge on any atom is 0.335 e. The molecule has 8 heteroatoms. The van der Waals surface area contributed by atoms with Crippen molar-refractivity contribution in [2.75, 3.05) is 20.3 Å². The molecule has 0 amide bonds. The Morgan fingerprint density at radius 2 is 2.11 bits per heavy atom. The fourth-order valence-electron chi connectivity index (χ4n) is 1.41. The second kappa shape index (κ2) is 6.09. The van der Waals surface area contributed by atoms with E-state index < -0.39 is 27.4 Å². The van der Waals surface area contributed by atoms with Gasteiger partial charge < -0.3 is 9.84 Å². The first-order valence-electron chi connectivity index (χ1n) is 5.31. The van der Waals surface area contributed by atoms with Gasteiger partial charge in [0.2, 0.25) is 10.0 Å². The van der Waals surface area contributed by atoms with Crippen LogP contribution in [0.4, 0.5) is 4.39 Å². The number of carboxylic acid groups (broad SMARTS) is 1. The fraction of sp³-hybridized carbons (Fsp3) is 0.364. The van der Waals surface area contributed by atoms with Gasteiger partial charge in [-0.2, -0.15) is 0 Å². The molecule has 0 saturated carbocycles. The quantitative estimate of drug-likeness (QED) is 0.755. The van der Waals surface area contributed by atoms with E-state index in [9.17, 15) is 17.6 Å². The first kappa shape index (κ1) is 15.5. The van der Waals surface area contributed by atoms with Crippen LogP contribution < -0.4 is 4.72 Å². The molecule has 0 aromatic heterocycles. The van der Waals surface area contributed by atoms with E-state index in [1.165, 1.54) is 14.0 Å². The van der Waals surface area contributed by atoms with Crippen LogP contribution in [0.3, 0.4) is 0 Å². The minimum Gasteiger partial charge on any atom is -0.478 e. The van der Waals surface area contributed by atoms with Gasteiger partial charge in [0.05, 0.1) is 17.1 Å².